The molecule has 0 aliphatic rings. The fourth-order valence-corrected chi connectivity index (χ4v) is 1.47. The third-order valence-corrected chi connectivity index (χ3v) is 1.95. The van der Waals surface area contributed by atoms with Crippen LogP contribution in [-0.2, 0) is 0 Å². The number of carbonyl (C=O) groups is 1. The first-order valence-corrected chi connectivity index (χ1v) is 4.94. The molecule has 1 N–H and O–H groups in total. The predicted octanol–water partition coefficient (Wildman–Crippen LogP) is 2.44. The lowest BCUT2D eigenvalue weighted by atomic mass is 10.1. The summed E-state index contributed by atoms with van der Waals surface area (Å²) in [5, 5.41) is 2.88. The fraction of sp³-hybridized carbons (Fsp3) is 0.545. The van der Waals surface area contributed by atoms with Crippen molar-refractivity contribution in [3.8, 4) is 0 Å². The van der Waals surface area contributed by atoms with Crippen molar-refractivity contribution >= 4 is 5.91 Å². The van der Waals surface area contributed by atoms with Gasteiger partial charge < -0.3 is 9.73 Å². The van der Waals surface area contributed by atoms with Crippen molar-refractivity contribution in [1.29, 1.82) is 0 Å². The van der Waals surface area contributed by atoms with Crippen LogP contribution in [0.3, 0.4) is 0 Å². The Balaban J connectivity index is 2.41. The standard InChI is InChI=1S/C11H17NO2/c1-8(2)7-9(3)12-11(13)10-5-4-6-14-10/h4-6,8-9H,7H2,1-3H3,(H,12,13)/t9-/m0/s1. The average molecular weight is 195 g/mol. The molecule has 3 heteroatoms. The molecule has 0 saturated carbocycles. The number of hydrogen-bond acceptors (Lipinski definition) is 2. The van der Waals surface area contributed by atoms with Crippen LogP contribution >= 0.6 is 0 Å². The Morgan fingerprint density at radius 3 is 2.71 bits per heavy atom. The minimum atomic E-state index is -0.136. The second kappa shape index (κ2) is 4.84. The van der Waals surface area contributed by atoms with E-state index in [2.05, 4.69) is 19.2 Å². The van der Waals surface area contributed by atoms with Crippen LogP contribution in [-0.4, -0.2) is 11.9 Å². The first-order chi connectivity index (χ1) is 6.59. The number of amides is 1. The van der Waals surface area contributed by atoms with E-state index in [1.165, 1.54) is 6.26 Å². The average Bonchev–Trinajstić information content (AvgIpc) is 2.53. The largest absolute Gasteiger partial charge is 0.459 e. The molecule has 14 heavy (non-hydrogen) atoms. The summed E-state index contributed by atoms with van der Waals surface area (Å²) in [4.78, 5) is 11.5. The highest BCUT2D eigenvalue weighted by Gasteiger charge is 2.12. The topological polar surface area (TPSA) is 42.2 Å². The van der Waals surface area contributed by atoms with Gasteiger partial charge in [0.1, 0.15) is 0 Å². The van der Waals surface area contributed by atoms with Crippen LogP contribution in [0.5, 0.6) is 0 Å². The van der Waals surface area contributed by atoms with E-state index in [9.17, 15) is 4.79 Å². The van der Waals surface area contributed by atoms with Crippen molar-refractivity contribution in [3.05, 3.63) is 24.2 Å². The maximum absolute atomic E-state index is 11.5. The zero-order chi connectivity index (χ0) is 10.6. The molecule has 0 saturated heterocycles. The molecule has 1 atom stereocenters. The van der Waals surface area contributed by atoms with E-state index >= 15 is 0 Å². The number of hydrogen-bond donors (Lipinski definition) is 1. The molecular formula is C11H17NO2. The van der Waals surface area contributed by atoms with Crippen molar-refractivity contribution in [2.24, 2.45) is 5.92 Å². The van der Waals surface area contributed by atoms with Gasteiger partial charge in [0.25, 0.3) is 5.91 Å². The lowest BCUT2D eigenvalue weighted by Crippen LogP contribution is -2.33. The van der Waals surface area contributed by atoms with Gasteiger partial charge in [-0.05, 0) is 31.4 Å². The third kappa shape index (κ3) is 3.24. The molecule has 0 aliphatic carbocycles. The smallest absolute Gasteiger partial charge is 0.287 e. The van der Waals surface area contributed by atoms with Gasteiger partial charge in [0.05, 0.1) is 6.26 Å². The molecule has 78 valence electrons. The summed E-state index contributed by atoms with van der Waals surface area (Å²) in [6, 6.07) is 3.56. The summed E-state index contributed by atoms with van der Waals surface area (Å²) >= 11 is 0. The first-order valence-electron chi connectivity index (χ1n) is 4.94. The molecule has 0 unspecified atom stereocenters. The summed E-state index contributed by atoms with van der Waals surface area (Å²) in [5.74, 6) is 0.825. The summed E-state index contributed by atoms with van der Waals surface area (Å²) in [7, 11) is 0. The quantitative estimate of drug-likeness (QED) is 0.801. The summed E-state index contributed by atoms with van der Waals surface area (Å²) in [5.41, 5.74) is 0. The Morgan fingerprint density at radius 2 is 2.21 bits per heavy atom. The Labute approximate surface area is 84.5 Å². The van der Waals surface area contributed by atoms with Gasteiger partial charge in [-0.15, -0.1) is 0 Å². The molecule has 3 nitrogen and oxygen atoms in total. The number of carbonyl (C=O) groups excluding carboxylic acids is 1. The Hall–Kier alpha value is -1.25. The maximum atomic E-state index is 11.5. The van der Waals surface area contributed by atoms with Crippen LogP contribution in [0.15, 0.2) is 22.8 Å². The number of rotatable bonds is 4. The summed E-state index contributed by atoms with van der Waals surface area (Å²) in [6.45, 7) is 6.27. The van der Waals surface area contributed by atoms with Crippen LogP contribution in [0.4, 0.5) is 0 Å². The maximum Gasteiger partial charge on any atom is 0.287 e. The van der Waals surface area contributed by atoms with Crippen molar-refractivity contribution in [1.82, 2.24) is 5.32 Å². The van der Waals surface area contributed by atoms with Gasteiger partial charge >= 0.3 is 0 Å². The molecule has 0 aliphatic heterocycles. The van der Waals surface area contributed by atoms with Crippen molar-refractivity contribution < 1.29 is 9.21 Å². The van der Waals surface area contributed by atoms with Crippen molar-refractivity contribution in [3.63, 3.8) is 0 Å². The molecule has 1 amide bonds. The normalized spacial score (nSPS) is 12.9. The fourth-order valence-electron chi connectivity index (χ4n) is 1.47. The van der Waals surface area contributed by atoms with Crippen LogP contribution in [0.2, 0.25) is 0 Å². The van der Waals surface area contributed by atoms with Crippen LogP contribution in [0, 0.1) is 5.92 Å². The van der Waals surface area contributed by atoms with Gasteiger partial charge in [0.2, 0.25) is 0 Å². The third-order valence-electron chi connectivity index (χ3n) is 1.95. The highest BCUT2D eigenvalue weighted by Crippen LogP contribution is 2.05. The van der Waals surface area contributed by atoms with E-state index in [1.807, 2.05) is 6.92 Å². The van der Waals surface area contributed by atoms with Crippen molar-refractivity contribution in [2.75, 3.05) is 0 Å². The molecular weight excluding hydrogens is 178 g/mol. The molecule has 1 aromatic heterocycles. The lowest BCUT2D eigenvalue weighted by molar-refractivity contribution is 0.0908. The Kier molecular flexibility index (Phi) is 3.74. The van der Waals surface area contributed by atoms with Gasteiger partial charge in [-0.1, -0.05) is 13.8 Å². The van der Waals surface area contributed by atoms with Crippen molar-refractivity contribution in [2.45, 2.75) is 33.2 Å². The first kappa shape index (κ1) is 10.8. The predicted molar refractivity (Wildman–Crippen MR) is 55.1 cm³/mol. The van der Waals surface area contributed by atoms with E-state index in [1.54, 1.807) is 12.1 Å². The molecule has 0 fully saturated rings. The van der Waals surface area contributed by atoms with E-state index in [0.717, 1.165) is 6.42 Å². The highest BCUT2D eigenvalue weighted by molar-refractivity contribution is 5.91. The zero-order valence-corrected chi connectivity index (χ0v) is 8.91. The second-order valence-electron chi connectivity index (χ2n) is 3.98. The molecule has 1 rings (SSSR count). The van der Waals surface area contributed by atoms with Gasteiger partial charge in [0.15, 0.2) is 5.76 Å². The monoisotopic (exact) mass is 195 g/mol. The molecule has 1 heterocycles. The van der Waals surface area contributed by atoms with E-state index in [-0.39, 0.29) is 11.9 Å². The van der Waals surface area contributed by atoms with Gasteiger partial charge in [-0.3, -0.25) is 4.79 Å². The molecule has 1 aromatic rings. The van der Waals surface area contributed by atoms with Gasteiger partial charge in [-0.25, -0.2) is 0 Å². The van der Waals surface area contributed by atoms with E-state index in [0.29, 0.717) is 11.7 Å². The lowest BCUT2D eigenvalue weighted by Gasteiger charge is -2.14. The van der Waals surface area contributed by atoms with Crippen LogP contribution < -0.4 is 5.32 Å². The Morgan fingerprint density at radius 1 is 1.50 bits per heavy atom. The number of furan rings is 1. The van der Waals surface area contributed by atoms with Gasteiger partial charge in [0, 0.05) is 6.04 Å². The minimum Gasteiger partial charge on any atom is -0.459 e. The SMILES string of the molecule is CC(C)C[C@H](C)NC(=O)c1ccco1. The van der Waals surface area contributed by atoms with E-state index in [4.69, 9.17) is 4.42 Å². The molecule has 0 aromatic carbocycles. The zero-order valence-electron chi connectivity index (χ0n) is 8.91. The minimum absolute atomic E-state index is 0.136. The van der Waals surface area contributed by atoms with Gasteiger partial charge in [-0.2, -0.15) is 0 Å². The second-order valence-corrected chi connectivity index (χ2v) is 3.98. The van der Waals surface area contributed by atoms with E-state index < -0.39 is 0 Å². The Bertz CT molecular complexity index is 277. The molecule has 0 spiro atoms. The summed E-state index contributed by atoms with van der Waals surface area (Å²) in [6.07, 6.45) is 2.48. The highest BCUT2D eigenvalue weighted by atomic mass is 16.3. The van der Waals surface area contributed by atoms with Crippen LogP contribution in [0.25, 0.3) is 0 Å². The van der Waals surface area contributed by atoms with Crippen LogP contribution in [0.1, 0.15) is 37.7 Å². The number of nitrogens with one attached hydrogen (secondary N) is 1. The molecule has 0 radical (unpaired) electrons. The summed E-state index contributed by atoms with van der Waals surface area (Å²) < 4.78 is 4.99. The molecule has 0 bridgehead atoms.